The van der Waals surface area contributed by atoms with Crippen LogP contribution in [-0.4, -0.2) is 28.5 Å². The first-order chi connectivity index (χ1) is 9.91. The lowest BCUT2D eigenvalue weighted by molar-refractivity contribution is -0.137. The summed E-state index contributed by atoms with van der Waals surface area (Å²) >= 11 is 5.93. The predicted octanol–water partition coefficient (Wildman–Crippen LogP) is 2.99. The maximum absolute atomic E-state index is 12.0. The van der Waals surface area contributed by atoms with Gasteiger partial charge in [0.15, 0.2) is 0 Å². The average Bonchev–Trinajstić information content (AvgIpc) is 2.42. The molecule has 1 rings (SSSR count). The van der Waals surface area contributed by atoms with Crippen molar-refractivity contribution in [1.29, 1.82) is 0 Å². The van der Waals surface area contributed by atoms with Gasteiger partial charge in [-0.15, -0.1) is 0 Å². The highest BCUT2D eigenvalue weighted by molar-refractivity contribution is 6.33. The van der Waals surface area contributed by atoms with Crippen molar-refractivity contribution < 1.29 is 14.7 Å². The molecule has 0 aliphatic carbocycles. The number of hydrogen-bond acceptors (Lipinski definition) is 3. The van der Waals surface area contributed by atoms with Crippen molar-refractivity contribution in [2.75, 3.05) is 6.54 Å². The highest BCUT2D eigenvalue weighted by atomic mass is 35.5. The fraction of sp³-hybridized carbons (Fsp3) is 0.533. The number of halogens is 1. The van der Waals surface area contributed by atoms with Crippen molar-refractivity contribution >= 4 is 23.5 Å². The predicted molar refractivity (Wildman–Crippen MR) is 81.4 cm³/mol. The minimum atomic E-state index is -0.785. The molecule has 0 saturated heterocycles. The first-order valence-electron chi connectivity index (χ1n) is 7.01. The van der Waals surface area contributed by atoms with E-state index in [4.69, 9.17) is 16.7 Å². The maximum atomic E-state index is 12.0. The lowest BCUT2D eigenvalue weighted by Crippen LogP contribution is -2.27. The number of hydrogen-bond donors (Lipinski definition) is 2. The zero-order valence-electron chi connectivity index (χ0n) is 12.3. The van der Waals surface area contributed by atoms with E-state index in [9.17, 15) is 9.59 Å². The van der Waals surface area contributed by atoms with Crippen LogP contribution in [0.4, 0.5) is 0 Å². The average molecular weight is 313 g/mol. The second-order valence-electron chi connectivity index (χ2n) is 5.34. The Labute approximate surface area is 129 Å². The molecule has 0 saturated carbocycles. The number of aromatic nitrogens is 1. The van der Waals surface area contributed by atoms with E-state index in [1.54, 1.807) is 6.07 Å². The van der Waals surface area contributed by atoms with Gasteiger partial charge in [0.2, 0.25) is 0 Å². The minimum Gasteiger partial charge on any atom is -0.481 e. The maximum Gasteiger partial charge on any atom is 0.303 e. The number of pyridine rings is 1. The summed E-state index contributed by atoms with van der Waals surface area (Å²) < 4.78 is 0. The Morgan fingerprint density at radius 2 is 2.10 bits per heavy atom. The molecular weight excluding hydrogens is 292 g/mol. The summed E-state index contributed by atoms with van der Waals surface area (Å²) in [5.41, 5.74) is 0.353. The van der Waals surface area contributed by atoms with Crippen molar-refractivity contribution in [2.24, 2.45) is 11.8 Å². The van der Waals surface area contributed by atoms with Gasteiger partial charge in [0.1, 0.15) is 0 Å². The molecule has 116 valence electrons. The van der Waals surface area contributed by atoms with E-state index in [0.29, 0.717) is 29.5 Å². The van der Waals surface area contributed by atoms with E-state index in [0.717, 1.165) is 6.42 Å². The van der Waals surface area contributed by atoms with Crippen LogP contribution in [-0.2, 0) is 4.79 Å². The van der Waals surface area contributed by atoms with Gasteiger partial charge in [-0.25, -0.2) is 0 Å². The van der Waals surface area contributed by atoms with Gasteiger partial charge in [-0.2, -0.15) is 0 Å². The van der Waals surface area contributed by atoms with Gasteiger partial charge >= 0.3 is 5.97 Å². The number of carbonyl (C=O) groups excluding carboxylic acids is 1. The van der Waals surface area contributed by atoms with Crippen LogP contribution in [0.3, 0.4) is 0 Å². The standard InChI is InChI=1S/C15H21ClN2O3/c1-10(2)11(3-4-14(19)20)5-8-18-15(21)12-9-17-7-6-13(12)16/h6-7,9-11H,3-5,8H2,1-2H3,(H,18,21)(H,19,20). The zero-order chi connectivity index (χ0) is 15.8. The fourth-order valence-corrected chi connectivity index (χ4v) is 2.32. The molecular formula is C15H21ClN2O3. The molecule has 1 aromatic rings. The van der Waals surface area contributed by atoms with Crippen LogP contribution in [0.15, 0.2) is 18.5 Å². The molecule has 21 heavy (non-hydrogen) atoms. The highest BCUT2D eigenvalue weighted by Gasteiger charge is 2.16. The van der Waals surface area contributed by atoms with Gasteiger partial charge in [-0.1, -0.05) is 25.4 Å². The Balaban J connectivity index is 2.45. The van der Waals surface area contributed by atoms with Crippen molar-refractivity contribution in [3.8, 4) is 0 Å². The smallest absolute Gasteiger partial charge is 0.303 e. The van der Waals surface area contributed by atoms with Crippen LogP contribution < -0.4 is 5.32 Å². The van der Waals surface area contributed by atoms with E-state index >= 15 is 0 Å². The molecule has 0 spiro atoms. The lowest BCUT2D eigenvalue weighted by Gasteiger charge is -2.20. The molecule has 0 aromatic carbocycles. The van der Waals surface area contributed by atoms with E-state index in [1.165, 1.54) is 12.4 Å². The van der Waals surface area contributed by atoms with Crippen molar-refractivity contribution in [2.45, 2.75) is 33.1 Å². The molecule has 1 atom stereocenters. The number of nitrogens with zero attached hydrogens (tertiary/aromatic N) is 1. The Hall–Kier alpha value is -1.62. The van der Waals surface area contributed by atoms with Crippen molar-refractivity contribution in [1.82, 2.24) is 10.3 Å². The second-order valence-corrected chi connectivity index (χ2v) is 5.74. The Kier molecular flexibility index (Phi) is 7.15. The molecule has 0 fully saturated rings. The lowest BCUT2D eigenvalue weighted by atomic mass is 9.88. The number of carboxylic acid groups (broad SMARTS) is 1. The first kappa shape index (κ1) is 17.4. The molecule has 5 nitrogen and oxygen atoms in total. The molecule has 6 heteroatoms. The summed E-state index contributed by atoms with van der Waals surface area (Å²) in [5.74, 6) is -0.394. The topological polar surface area (TPSA) is 79.3 Å². The van der Waals surface area contributed by atoms with Gasteiger partial charge < -0.3 is 10.4 Å². The molecule has 2 N–H and O–H groups in total. The van der Waals surface area contributed by atoms with E-state index < -0.39 is 5.97 Å². The van der Waals surface area contributed by atoms with Crippen LogP contribution in [0, 0.1) is 11.8 Å². The number of carbonyl (C=O) groups is 2. The Bertz CT molecular complexity index is 492. The number of carboxylic acids is 1. The molecule has 0 radical (unpaired) electrons. The summed E-state index contributed by atoms with van der Waals surface area (Å²) in [6.07, 6.45) is 4.48. The van der Waals surface area contributed by atoms with Gasteiger partial charge in [0.25, 0.3) is 5.91 Å². The SMILES string of the molecule is CC(C)C(CCNC(=O)c1cnccc1Cl)CCC(=O)O. The molecule has 0 aliphatic rings. The normalized spacial score (nSPS) is 12.2. The molecule has 0 bridgehead atoms. The quantitative estimate of drug-likeness (QED) is 0.773. The number of amides is 1. The van der Waals surface area contributed by atoms with Crippen LogP contribution in [0.2, 0.25) is 5.02 Å². The molecule has 0 aliphatic heterocycles. The highest BCUT2D eigenvalue weighted by Crippen LogP contribution is 2.20. The second kappa shape index (κ2) is 8.62. The monoisotopic (exact) mass is 312 g/mol. The molecule has 1 heterocycles. The number of aliphatic carboxylic acids is 1. The van der Waals surface area contributed by atoms with Crippen LogP contribution >= 0.6 is 11.6 Å². The third-order valence-corrected chi connectivity index (χ3v) is 3.81. The van der Waals surface area contributed by atoms with E-state index in [2.05, 4.69) is 24.1 Å². The summed E-state index contributed by atoms with van der Waals surface area (Å²) in [7, 11) is 0. The summed E-state index contributed by atoms with van der Waals surface area (Å²) in [6, 6.07) is 1.57. The van der Waals surface area contributed by atoms with Gasteiger partial charge in [0.05, 0.1) is 10.6 Å². The summed E-state index contributed by atoms with van der Waals surface area (Å²) in [5, 5.41) is 11.9. The van der Waals surface area contributed by atoms with Crippen LogP contribution in [0.1, 0.15) is 43.5 Å². The molecule has 1 unspecified atom stereocenters. The Morgan fingerprint density at radius 1 is 1.38 bits per heavy atom. The van der Waals surface area contributed by atoms with Crippen LogP contribution in [0.25, 0.3) is 0 Å². The first-order valence-corrected chi connectivity index (χ1v) is 7.39. The van der Waals surface area contributed by atoms with Crippen molar-refractivity contribution in [3.05, 3.63) is 29.0 Å². The molecule has 1 aromatic heterocycles. The third-order valence-electron chi connectivity index (χ3n) is 3.48. The van der Waals surface area contributed by atoms with Crippen LogP contribution in [0.5, 0.6) is 0 Å². The summed E-state index contributed by atoms with van der Waals surface area (Å²) in [4.78, 5) is 26.5. The van der Waals surface area contributed by atoms with Crippen molar-refractivity contribution in [3.63, 3.8) is 0 Å². The van der Waals surface area contributed by atoms with E-state index in [-0.39, 0.29) is 18.2 Å². The minimum absolute atomic E-state index is 0.158. The number of rotatable bonds is 8. The third kappa shape index (κ3) is 6.12. The molecule has 1 amide bonds. The van der Waals surface area contributed by atoms with E-state index in [1.807, 2.05) is 0 Å². The zero-order valence-corrected chi connectivity index (χ0v) is 13.1. The fourth-order valence-electron chi connectivity index (χ4n) is 2.13. The van der Waals surface area contributed by atoms with Gasteiger partial charge in [-0.3, -0.25) is 14.6 Å². The largest absolute Gasteiger partial charge is 0.481 e. The van der Waals surface area contributed by atoms with Gasteiger partial charge in [-0.05, 0) is 30.7 Å². The summed E-state index contributed by atoms with van der Waals surface area (Å²) in [6.45, 7) is 4.62. The Morgan fingerprint density at radius 3 is 2.67 bits per heavy atom. The number of nitrogens with one attached hydrogen (secondary N) is 1. The van der Waals surface area contributed by atoms with Gasteiger partial charge in [0, 0.05) is 25.4 Å².